The lowest BCUT2D eigenvalue weighted by atomic mass is 10.2. The van der Waals surface area contributed by atoms with Crippen LogP contribution in [0.3, 0.4) is 0 Å². The molecule has 0 aliphatic rings. The van der Waals surface area contributed by atoms with Crippen LogP contribution in [0.1, 0.15) is 20.3 Å². The highest BCUT2D eigenvalue weighted by atomic mass is 35.5. The minimum Gasteiger partial charge on any atom is -0.338 e. The normalized spacial score (nSPS) is 11.2. The topological polar surface area (TPSA) is 73.4 Å². The van der Waals surface area contributed by atoms with Crippen molar-refractivity contribution in [2.45, 2.75) is 20.3 Å². The largest absolute Gasteiger partial charge is 0.338 e. The molecule has 0 saturated carbocycles. The lowest BCUT2D eigenvalue weighted by Gasteiger charge is -2.18. The van der Waals surface area contributed by atoms with Gasteiger partial charge < -0.3 is 15.1 Å². The number of anilines is 3. The number of nitrogens with one attached hydrogen (secondary N) is 2. The second-order valence-corrected chi connectivity index (χ2v) is 8.34. The molecule has 7 nitrogen and oxygen atoms in total. The van der Waals surface area contributed by atoms with Crippen LogP contribution in [0.25, 0.3) is 10.3 Å². The van der Waals surface area contributed by atoms with Gasteiger partial charge in [0.05, 0.1) is 5.69 Å². The Labute approximate surface area is 190 Å². The number of carbonyl (C=O) groups excluding carboxylic acids is 1. The zero-order valence-corrected chi connectivity index (χ0v) is 19.4. The van der Waals surface area contributed by atoms with Gasteiger partial charge in [0.25, 0.3) is 0 Å². The second-order valence-electron chi connectivity index (χ2n) is 6.93. The molecular weight excluding hydrogens is 439 g/mol. The third-order valence-corrected chi connectivity index (χ3v) is 6.02. The highest BCUT2D eigenvalue weighted by Crippen LogP contribution is 2.30. The van der Waals surface area contributed by atoms with E-state index < -0.39 is 5.82 Å². The Balaban J connectivity index is 1.62. The summed E-state index contributed by atoms with van der Waals surface area (Å²) in [5.74, 6) is 0.131. The van der Waals surface area contributed by atoms with Crippen LogP contribution < -0.4 is 15.5 Å². The Morgan fingerprint density at radius 1 is 1.19 bits per heavy atom. The van der Waals surface area contributed by atoms with E-state index in [1.54, 1.807) is 36.2 Å². The van der Waals surface area contributed by atoms with Gasteiger partial charge >= 0.3 is 6.03 Å². The van der Waals surface area contributed by atoms with Crippen molar-refractivity contribution in [3.8, 4) is 0 Å². The number of aromatic nitrogens is 2. The number of urea groups is 1. The van der Waals surface area contributed by atoms with E-state index in [1.165, 1.54) is 17.4 Å². The van der Waals surface area contributed by atoms with Gasteiger partial charge in [-0.2, -0.15) is 0 Å². The smallest absolute Gasteiger partial charge is 0.321 e. The summed E-state index contributed by atoms with van der Waals surface area (Å²) in [6.45, 7) is 7.79. The molecule has 0 saturated heterocycles. The summed E-state index contributed by atoms with van der Waals surface area (Å²) in [7, 11) is 1.73. The summed E-state index contributed by atoms with van der Waals surface area (Å²) in [4.78, 5) is 25.7. The fraction of sp³-hybridized carbons (Fsp3) is 0.381. The molecule has 31 heavy (non-hydrogen) atoms. The molecule has 0 aliphatic heterocycles. The number of benzene rings is 1. The number of rotatable bonds is 9. The highest BCUT2D eigenvalue weighted by molar-refractivity contribution is 7.22. The fourth-order valence-electron chi connectivity index (χ4n) is 3.11. The van der Waals surface area contributed by atoms with Crippen molar-refractivity contribution < 1.29 is 9.18 Å². The molecule has 2 amide bonds. The van der Waals surface area contributed by atoms with Gasteiger partial charge in [-0.15, -0.1) is 0 Å². The molecule has 0 radical (unpaired) electrons. The molecule has 2 heterocycles. The Morgan fingerprint density at radius 2 is 1.97 bits per heavy atom. The van der Waals surface area contributed by atoms with E-state index in [2.05, 4.69) is 39.3 Å². The predicted molar refractivity (Wildman–Crippen MR) is 126 cm³/mol. The molecule has 0 bridgehead atoms. The van der Waals surface area contributed by atoms with Gasteiger partial charge in [0.2, 0.25) is 0 Å². The predicted octanol–water partition coefficient (Wildman–Crippen LogP) is 5.11. The van der Waals surface area contributed by atoms with E-state index in [0.29, 0.717) is 38.6 Å². The van der Waals surface area contributed by atoms with Crippen molar-refractivity contribution >= 4 is 56.0 Å². The van der Waals surface area contributed by atoms with Crippen LogP contribution in [0, 0.1) is 5.82 Å². The molecule has 0 unspecified atom stereocenters. The number of carbonyl (C=O) groups is 1. The average Bonchev–Trinajstić information content (AvgIpc) is 3.14. The molecule has 0 spiro atoms. The summed E-state index contributed by atoms with van der Waals surface area (Å²) in [5.41, 5.74) is 1.03. The molecule has 2 aromatic heterocycles. The van der Waals surface area contributed by atoms with Crippen molar-refractivity contribution in [2.24, 2.45) is 0 Å². The molecule has 0 aliphatic carbocycles. The minimum absolute atomic E-state index is 0.292. The van der Waals surface area contributed by atoms with Crippen LogP contribution in [0.2, 0.25) is 5.02 Å². The van der Waals surface area contributed by atoms with Gasteiger partial charge in [0.1, 0.15) is 22.0 Å². The van der Waals surface area contributed by atoms with Crippen molar-refractivity contribution in [1.29, 1.82) is 0 Å². The van der Waals surface area contributed by atoms with Gasteiger partial charge in [-0.05, 0) is 56.4 Å². The number of hydrogen-bond donors (Lipinski definition) is 2. The van der Waals surface area contributed by atoms with E-state index in [-0.39, 0.29) is 6.03 Å². The number of hydrogen-bond acceptors (Lipinski definition) is 6. The van der Waals surface area contributed by atoms with Crippen LogP contribution >= 0.6 is 22.9 Å². The second kappa shape index (κ2) is 10.7. The first-order chi connectivity index (χ1) is 14.9. The monoisotopic (exact) mass is 464 g/mol. The lowest BCUT2D eigenvalue weighted by molar-refractivity contribution is 0.250. The minimum atomic E-state index is -0.429. The van der Waals surface area contributed by atoms with E-state index in [4.69, 9.17) is 11.6 Å². The Bertz CT molecular complexity index is 1040. The molecule has 10 heteroatoms. The maximum atomic E-state index is 14.2. The van der Waals surface area contributed by atoms with E-state index in [0.717, 1.165) is 26.1 Å². The van der Waals surface area contributed by atoms with E-state index in [1.807, 2.05) is 0 Å². The number of pyridine rings is 1. The van der Waals surface area contributed by atoms with Gasteiger partial charge in [-0.25, -0.2) is 19.2 Å². The molecule has 0 fully saturated rings. The maximum Gasteiger partial charge on any atom is 0.321 e. The van der Waals surface area contributed by atoms with Crippen LogP contribution in [0.5, 0.6) is 0 Å². The standard InChI is InChI=1S/C21H26ClFN6OS/c1-4-29(5-2)12-6-11-24-20(30)27-21-25-16-8-10-18(26-19(16)31-21)28(3)17-9-7-14(22)13-15(17)23/h7-10,13H,4-6,11-12H2,1-3H3,(H2,24,25,27,30). The zero-order valence-electron chi connectivity index (χ0n) is 17.8. The summed E-state index contributed by atoms with van der Waals surface area (Å²) in [5, 5.41) is 6.40. The van der Waals surface area contributed by atoms with Gasteiger partial charge in [0, 0.05) is 18.6 Å². The van der Waals surface area contributed by atoms with Crippen molar-refractivity contribution in [1.82, 2.24) is 20.2 Å². The zero-order chi connectivity index (χ0) is 22.4. The van der Waals surface area contributed by atoms with Gasteiger partial charge in [0.15, 0.2) is 5.13 Å². The maximum absolute atomic E-state index is 14.2. The molecule has 3 aromatic rings. The first kappa shape index (κ1) is 23.2. The summed E-state index contributed by atoms with van der Waals surface area (Å²) >= 11 is 7.10. The third-order valence-electron chi connectivity index (χ3n) is 4.91. The molecule has 3 rings (SSSR count). The molecular formula is C21H26ClFN6OS. The Morgan fingerprint density at radius 3 is 2.68 bits per heavy atom. The number of halogens is 2. The summed E-state index contributed by atoms with van der Waals surface area (Å²) < 4.78 is 14.2. The van der Waals surface area contributed by atoms with Gasteiger partial charge in [-0.3, -0.25) is 5.32 Å². The number of thiazole rings is 1. The number of amides is 2. The van der Waals surface area contributed by atoms with Crippen LogP contribution in [0.4, 0.5) is 25.8 Å². The molecule has 0 atom stereocenters. The summed E-state index contributed by atoms with van der Waals surface area (Å²) in [6.07, 6.45) is 0.882. The molecule has 2 N–H and O–H groups in total. The van der Waals surface area contributed by atoms with Crippen molar-refractivity contribution in [3.05, 3.63) is 41.2 Å². The van der Waals surface area contributed by atoms with E-state index >= 15 is 0 Å². The van der Waals surface area contributed by atoms with Crippen LogP contribution in [-0.2, 0) is 0 Å². The van der Waals surface area contributed by atoms with Crippen molar-refractivity contribution in [3.63, 3.8) is 0 Å². The molecule has 166 valence electrons. The first-order valence-corrected chi connectivity index (χ1v) is 11.3. The first-order valence-electron chi connectivity index (χ1n) is 10.1. The lowest BCUT2D eigenvalue weighted by Crippen LogP contribution is -2.32. The third kappa shape index (κ3) is 6.03. The van der Waals surface area contributed by atoms with Crippen LogP contribution in [-0.4, -0.2) is 54.1 Å². The Kier molecular flexibility index (Phi) is 8.00. The fourth-order valence-corrected chi connectivity index (χ4v) is 4.10. The van der Waals surface area contributed by atoms with E-state index in [9.17, 15) is 9.18 Å². The Hall–Kier alpha value is -2.49. The summed E-state index contributed by atoms with van der Waals surface area (Å²) in [6, 6.07) is 7.76. The number of fused-ring (bicyclic) bond motifs is 1. The average molecular weight is 465 g/mol. The van der Waals surface area contributed by atoms with Crippen LogP contribution in [0.15, 0.2) is 30.3 Å². The quantitative estimate of drug-likeness (QED) is 0.431. The van der Waals surface area contributed by atoms with Crippen molar-refractivity contribution in [2.75, 3.05) is 43.4 Å². The van der Waals surface area contributed by atoms with Gasteiger partial charge in [-0.1, -0.05) is 36.8 Å². The number of nitrogens with zero attached hydrogens (tertiary/aromatic N) is 4. The SMILES string of the molecule is CCN(CC)CCCNC(=O)Nc1nc2ccc(N(C)c3ccc(Cl)cc3F)nc2s1. The molecule has 1 aromatic carbocycles. The highest BCUT2D eigenvalue weighted by Gasteiger charge is 2.14.